The quantitative estimate of drug-likeness (QED) is 0.552. The SMILES string of the molecule is CCOCCn1nc(C(=O)NC)c2nc(N(C)C)nc(Nc3cc(C)ccn3)c21. The second-order valence-electron chi connectivity index (χ2n) is 6.66. The minimum atomic E-state index is -0.312. The number of aryl methyl sites for hydroxylation is 1. The van der Waals surface area contributed by atoms with Gasteiger partial charge in [-0.3, -0.25) is 9.48 Å². The van der Waals surface area contributed by atoms with Gasteiger partial charge in [0.25, 0.3) is 5.91 Å². The molecule has 0 spiro atoms. The second-order valence-corrected chi connectivity index (χ2v) is 6.66. The number of ether oxygens (including phenoxy) is 1. The van der Waals surface area contributed by atoms with Gasteiger partial charge in [-0.2, -0.15) is 10.1 Å². The van der Waals surface area contributed by atoms with Crippen LogP contribution in [0.4, 0.5) is 17.6 Å². The number of fused-ring (bicyclic) bond motifs is 1. The first-order valence-corrected chi connectivity index (χ1v) is 9.40. The maximum Gasteiger partial charge on any atom is 0.273 e. The van der Waals surface area contributed by atoms with Crippen molar-refractivity contribution in [1.82, 2.24) is 30.0 Å². The van der Waals surface area contributed by atoms with E-state index in [-0.39, 0.29) is 11.6 Å². The summed E-state index contributed by atoms with van der Waals surface area (Å²) in [5.74, 6) is 1.32. The molecule has 3 aromatic rings. The van der Waals surface area contributed by atoms with Crippen molar-refractivity contribution in [2.24, 2.45) is 0 Å². The van der Waals surface area contributed by atoms with Gasteiger partial charge in [0.05, 0.1) is 13.2 Å². The fourth-order valence-electron chi connectivity index (χ4n) is 2.81. The van der Waals surface area contributed by atoms with Gasteiger partial charge in [0.2, 0.25) is 5.95 Å². The molecule has 154 valence electrons. The summed E-state index contributed by atoms with van der Waals surface area (Å²) in [5.41, 5.74) is 2.40. The van der Waals surface area contributed by atoms with Gasteiger partial charge >= 0.3 is 0 Å². The topological polar surface area (TPSA) is 110 Å². The minimum Gasteiger partial charge on any atom is -0.380 e. The van der Waals surface area contributed by atoms with Crippen LogP contribution < -0.4 is 15.5 Å². The average Bonchev–Trinajstić information content (AvgIpc) is 3.06. The van der Waals surface area contributed by atoms with Crippen LogP contribution in [0, 0.1) is 6.92 Å². The third-order valence-corrected chi connectivity index (χ3v) is 4.23. The zero-order valence-electron chi connectivity index (χ0n) is 17.4. The Morgan fingerprint density at radius 1 is 1.31 bits per heavy atom. The Morgan fingerprint density at radius 3 is 2.76 bits per heavy atom. The molecule has 29 heavy (non-hydrogen) atoms. The molecule has 0 saturated carbocycles. The van der Waals surface area contributed by atoms with Crippen molar-refractivity contribution in [3.05, 3.63) is 29.6 Å². The van der Waals surface area contributed by atoms with Gasteiger partial charge in [-0.1, -0.05) is 0 Å². The van der Waals surface area contributed by atoms with E-state index in [2.05, 4.69) is 30.7 Å². The van der Waals surface area contributed by atoms with Gasteiger partial charge in [-0.15, -0.1) is 0 Å². The van der Waals surface area contributed by atoms with Crippen LogP contribution in [-0.4, -0.2) is 65.0 Å². The zero-order valence-corrected chi connectivity index (χ0v) is 17.4. The molecule has 3 aromatic heterocycles. The summed E-state index contributed by atoms with van der Waals surface area (Å²) in [6.07, 6.45) is 1.73. The van der Waals surface area contributed by atoms with E-state index in [0.717, 1.165) is 5.56 Å². The Labute approximate surface area is 169 Å². The third-order valence-electron chi connectivity index (χ3n) is 4.23. The molecular formula is C19H26N8O2. The highest BCUT2D eigenvalue weighted by Gasteiger charge is 2.23. The van der Waals surface area contributed by atoms with Crippen molar-refractivity contribution in [3.8, 4) is 0 Å². The van der Waals surface area contributed by atoms with Crippen LogP contribution in [0.2, 0.25) is 0 Å². The Kier molecular flexibility index (Phi) is 6.23. The van der Waals surface area contributed by atoms with Crippen LogP contribution >= 0.6 is 0 Å². The number of rotatable bonds is 8. The Bertz CT molecular complexity index is 1010. The molecule has 10 heteroatoms. The number of carbonyl (C=O) groups is 1. The monoisotopic (exact) mass is 398 g/mol. The summed E-state index contributed by atoms with van der Waals surface area (Å²) in [6, 6.07) is 3.84. The molecule has 0 aromatic carbocycles. The molecule has 1 amide bonds. The van der Waals surface area contributed by atoms with Crippen molar-refractivity contribution in [2.75, 3.05) is 44.6 Å². The molecule has 3 rings (SSSR count). The van der Waals surface area contributed by atoms with E-state index in [1.807, 2.05) is 40.1 Å². The average molecular weight is 398 g/mol. The first-order valence-electron chi connectivity index (χ1n) is 9.40. The highest BCUT2D eigenvalue weighted by atomic mass is 16.5. The fraction of sp³-hybridized carbons (Fsp3) is 0.421. The number of anilines is 3. The van der Waals surface area contributed by atoms with Crippen molar-refractivity contribution < 1.29 is 9.53 Å². The van der Waals surface area contributed by atoms with Crippen LogP contribution in [0.15, 0.2) is 18.3 Å². The third kappa shape index (κ3) is 4.43. The van der Waals surface area contributed by atoms with E-state index < -0.39 is 0 Å². The van der Waals surface area contributed by atoms with Crippen molar-refractivity contribution in [2.45, 2.75) is 20.4 Å². The minimum absolute atomic E-state index is 0.241. The molecule has 10 nitrogen and oxygen atoms in total. The van der Waals surface area contributed by atoms with Gasteiger partial charge in [0.15, 0.2) is 11.5 Å². The second kappa shape index (κ2) is 8.82. The summed E-state index contributed by atoms with van der Waals surface area (Å²) in [7, 11) is 5.25. The maximum absolute atomic E-state index is 12.4. The van der Waals surface area contributed by atoms with E-state index in [4.69, 9.17) is 4.74 Å². The molecule has 3 heterocycles. The molecule has 0 saturated heterocycles. The van der Waals surface area contributed by atoms with Gasteiger partial charge in [-0.05, 0) is 31.5 Å². The van der Waals surface area contributed by atoms with E-state index in [9.17, 15) is 4.79 Å². The Morgan fingerprint density at radius 2 is 2.10 bits per heavy atom. The molecular weight excluding hydrogens is 372 g/mol. The molecule has 0 bridgehead atoms. The standard InChI is InChI=1S/C19H26N8O2/c1-6-29-10-9-27-16-14(15(25-27)18(28)20-3)23-19(26(4)5)24-17(16)22-13-11-12(2)7-8-21-13/h7-8,11H,6,9-10H2,1-5H3,(H,20,28)(H,21,22,23,24). The van der Waals surface area contributed by atoms with E-state index in [1.165, 1.54) is 0 Å². The number of hydrogen-bond acceptors (Lipinski definition) is 8. The largest absolute Gasteiger partial charge is 0.380 e. The Balaban J connectivity index is 2.20. The van der Waals surface area contributed by atoms with Crippen molar-refractivity contribution in [3.63, 3.8) is 0 Å². The summed E-state index contributed by atoms with van der Waals surface area (Å²) in [5, 5.41) is 10.4. The number of nitrogens with one attached hydrogen (secondary N) is 2. The van der Waals surface area contributed by atoms with Crippen LogP contribution in [0.5, 0.6) is 0 Å². The Hall–Kier alpha value is -3.27. The number of carbonyl (C=O) groups excluding carboxylic acids is 1. The first kappa shape index (κ1) is 20.5. The number of hydrogen-bond donors (Lipinski definition) is 2. The first-order chi connectivity index (χ1) is 13.9. The summed E-state index contributed by atoms with van der Waals surface area (Å²) in [4.78, 5) is 27.8. The van der Waals surface area contributed by atoms with Crippen LogP contribution in [0.3, 0.4) is 0 Å². The molecule has 0 unspecified atom stereocenters. The lowest BCUT2D eigenvalue weighted by Gasteiger charge is -2.14. The molecule has 0 radical (unpaired) electrons. The van der Waals surface area contributed by atoms with Gasteiger partial charge < -0.3 is 20.3 Å². The normalized spacial score (nSPS) is 10.9. The smallest absolute Gasteiger partial charge is 0.273 e. The molecule has 0 aliphatic heterocycles. The predicted octanol–water partition coefficient (Wildman–Crippen LogP) is 1.74. The van der Waals surface area contributed by atoms with E-state index in [0.29, 0.717) is 48.4 Å². The van der Waals surface area contributed by atoms with Crippen molar-refractivity contribution in [1.29, 1.82) is 0 Å². The summed E-state index contributed by atoms with van der Waals surface area (Å²) < 4.78 is 7.18. The summed E-state index contributed by atoms with van der Waals surface area (Å²) >= 11 is 0. The van der Waals surface area contributed by atoms with E-state index >= 15 is 0 Å². The van der Waals surface area contributed by atoms with Crippen LogP contribution in [-0.2, 0) is 11.3 Å². The zero-order chi connectivity index (χ0) is 21.0. The van der Waals surface area contributed by atoms with Crippen molar-refractivity contribution >= 4 is 34.5 Å². The lowest BCUT2D eigenvalue weighted by molar-refractivity contribution is 0.0957. The van der Waals surface area contributed by atoms with Crippen LogP contribution in [0.25, 0.3) is 11.0 Å². The number of pyridine rings is 1. The lowest BCUT2D eigenvalue weighted by atomic mass is 10.3. The molecule has 2 N–H and O–H groups in total. The highest BCUT2D eigenvalue weighted by Crippen LogP contribution is 2.28. The molecule has 0 fully saturated rings. The molecule has 0 aliphatic rings. The van der Waals surface area contributed by atoms with Gasteiger partial charge in [0.1, 0.15) is 16.9 Å². The van der Waals surface area contributed by atoms with Crippen LogP contribution in [0.1, 0.15) is 23.0 Å². The van der Waals surface area contributed by atoms with Gasteiger partial charge in [0, 0.05) is 33.9 Å². The summed E-state index contributed by atoms with van der Waals surface area (Å²) in [6.45, 7) is 5.44. The lowest BCUT2D eigenvalue weighted by Crippen LogP contribution is -2.19. The molecule has 0 aliphatic carbocycles. The van der Waals surface area contributed by atoms with Gasteiger partial charge in [-0.25, -0.2) is 9.97 Å². The van der Waals surface area contributed by atoms with E-state index in [1.54, 1.807) is 22.8 Å². The number of amides is 1. The highest BCUT2D eigenvalue weighted by molar-refractivity contribution is 6.06. The maximum atomic E-state index is 12.4. The predicted molar refractivity (Wildman–Crippen MR) is 112 cm³/mol. The number of aromatic nitrogens is 5. The fourth-order valence-corrected chi connectivity index (χ4v) is 2.81. The molecule has 0 atom stereocenters. The number of nitrogens with zero attached hydrogens (tertiary/aromatic N) is 6.